The van der Waals surface area contributed by atoms with E-state index < -0.39 is 24.0 Å². The Labute approximate surface area is 209 Å². The van der Waals surface area contributed by atoms with E-state index in [4.69, 9.17) is 5.21 Å². The summed E-state index contributed by atoms with van der Waals surface area (Å²) in [5, 5.41) is 23.6. The summed E-state index contributed by atoms with van der Waals surface area (Å²) in [6.45, 7) is 3.33. The normalized spacial score (nSPS) is 11.7. The summed E-state index contributed by atoms with van der Waals surface area (Å²) < 4.78 is 1.75. The van der Waals surface area contributed by atoms with Crippen LogP contribution in [0.4, 0.5) is 5.69 Å². The minimum atomic E-state index is -1.30. The number of hydrogen-bond acceptors (Lipinski definition) is 6. The van der Waals surface area contributed by atoms with E-state index in [1.165, 1.54) is 24.5 Å². The predicted octanol–water partition coefficient (Wildman–Crippen LogP) is 1.85. The van der Waals surface area contributed by atoms with Crippen molar-refractivity contribution in [1.82, 2.24) is 20.3 Å². The molecule has 0 bridgehead atoms. The number of benzene rings is 2. The highest BCUT2D eigenvalue weighted by atomic mass is 16.5. The number of hydroxylamine groups is 1. The molecule has 0 aliphatic rings. The van der Waals surface area contributed by atoms with Gasteiger partial charge in [0.1, 0.15) is 18.4 Å². The molecular weight excluding hydrogens is 462 g/mol. The number of aliphatic hydroxyl groups is 1. The summed E-state index contributed by atoms with van der Waals surface area (Å²) in [6.07, 6.45) is 2.19. The molecule has 0 aliphatic heterocycles. The maximum Gasteiger partial charge on any atom is 0.268 e. The number of aryl methyl sites for hydroxylation is 1. The van der Waals surface area contributed by atoms with E-state index in [0.29, 0.717) is 11.3 Å². The lowest BCUT2D eigenvalue weighted by molar-refractivity contribution is -0.133. The van der Waals surface area contributed by atoms with Crippen molar-refractivity contribution in [2.75, 3.05) is 5.32 Å². The number of carbonyl (C=O) groups excluding carboxylic acids is 3. The Kier molecular flexibility index (Phi) is 9.92. The molecule has 2 aromatic carbocycles. The van der Waals surface area contributed by atoms with Gasteiger partial charge in [-0.3, -0.25) is 19.6 Å². The van der Waals surface area contributed by atoms with E-state index in [9.17, 15) is 19.5 Å². The fraction of sp³-hybridized carbons (Fsp3) is 0.231. The molecule has 1 aromatic heterocycles. The molecule has 10 heteroatoms. The number of imidazole rings is 1. The van der Waals surface area contributed by atoms with Gasteiger partial charge in [0.25, 0.3) is 11.8 Å². The summed E-state index contributed by atoms with van der Waals surface area (Å²) >= 11 is 0. The van der Waals surface area contributed by atoms with Crippen LogP contribution in [0, 0.1) is 18.8 Å². The number of carbonyl (C=O) groups is 3. The molecule has 36 heavy (non-hydrogen) atoms. The highest BCUT2D eigenvalue weighted by molar-refractivity contribution is 5.97. The van der Waals surface area contributed by atoms with Crippen molar-refractivity contribution in [3.63, 3.8) is 0 Å². The number of amides is 3. The van der Waals surface area contributed by atoms with Gasteiger partial charge in [0.15, 0.2) is 0 Å². The third-order valence-corrected chi connectivity index (χ3v) is 5.07. The molecule has 0 saturated carbocycles. The average molecular weight is 492 g/mol. The number of hydrogen-bond donors (Lipinski definition) is 5. The van der Waals surface area contributed by atoms with Crippen LogP contribution in [0.2, 0.25) is 0 Å². The second-order valence-corrected chi connectivity index (χ2v) is 7.72. The molecule has 5 N–H and O–H groups in total. The van der Waals surface area contributed by atoms with Gasteiger partial charge in [-0.2, -0.15) is 0 Å². The molecule has 0 saturated heterocycles. The third kappa shape index (κ3) is 7.53. The maximum atomic E-state index is 12.3. The molecule has 3 rings (SSSR count). The largest absolute Gasteiger partial charge is 0.391 e. The Morgan fingerprint density at radius 1 is 1.03 bits per heavy atom. The van der Waals surface area contributed by atoms with Crippen LogP contribution in [0.15, 0.2) is 60.9 Å². The summed E-state index contributed by atoms with van der Waals surface area (Å²) in [5.74, 6) is 5.10. The number of anilines is 1. The average Bonchev–Trinajstić information content (AvgIpc) is 3.25. The van der Waals surface area contributed by atoms with Crippen LogP contribution in [0.5, 0.6) is 0 Å². The predicted molar refractivity (Wildman–Crippen MR) is 134 cm³/mol. The van der Waals surface area contributed by atoms with Crippen molar-refractivity contribution < 1.29 is 24.7 Å². The molecule has 0 unspecified atom stereocenters. The van der Waals surface area contributed by atoms with Crippen molar-refractivity contribution >= 4 is 23.4 Å². The number of aromatic nitrogens is 2. The van der Waals surface area contributed by atoms with Crippen LogP contribution >= 0.6 is 0 Å². The Bertz CT molecular complexity index is 1250. The van der Waals surface area contributed by atoms with Gasteiger partial charge in [0, 0.05) is 34.8 Å². The SMILES string of the molecule is C.Cc1nccn1CC(=O)Nc1ccc(C#Cc2ccc(C(=O)N[C@H](C(=O)NO)[C@@H](C)O)cc2)cc1. The maximum absolute atomic E-state index is 12.3. The van der Waals surface area contributed by atoms with E-state index in [1.807, 2.05) is 6.92 Å². The molecule has 10 nitrogen and oxygen atoms in total. The van der Waals surface area contributed by atoms with Crippen LogP contribution < -0.4 is 16.1 Å². The molecule has 3 amide bonds. The highest BCUT2D eigenvalue weighted by Crippen LogP contribution is 2.10. The van der Waals surface area contributed by atoms with Gasteiger partial charge in [0.2, 0.25) is 5.91 Å². The summed E-state index contributed by atoms with van der Waals surface area (Å²) in [5.41, 5.74) is 3.73. The van der Waals surface area contributed by atoms with E-state index in [-0.39, 0.29) is 25.4 Å². The Hall–Kier alpha value is -4.46. The van der Waals surface area contributed by atoms with Gasteiger partial charge in [-0.15, -0.1) is 0 Å². The molecular formula is C26H29N5O5. The zero-order chi connectivity index (χ0) is 25.4. The van der Waals surface area contributed by atoms with E-state index in [1.54, 1.807) is 53.4 Å². The number of nitrogens with one attached hydrogen (secondary N) is 3. The quantitative estimate of drug-likeness (QED) is 0.194. The minimum Gasteiger partial charge on any atom is -0.391 e. The first kappa shape index (κ1) is 27.8. The van der Waals surface area contributed by atoms with Gasteiger partial charge >= 0.3 is 0 Å². The third-order valence-electron chi connectivity index (χ3n) is 5.07. The molecule has 2 atom stereocenters. The zero-order valence-corrected chi connectivity index (χ0v) is 19.1. The zero-order valence-electron chi connectivity index (χ0n) is 19.1. The lowest BCUT2D eigenvalue weighted by Crippen LogP contribution is -2.51. The van der Waals surface area contributed by atoms with Crippen LogP contribution in [-0.2, 0) is 16.1 Å². The summed E-state index contributed by atoms with van der Waals surface area (Å²) in [4.78, 5) is 40.2. The monoisotopic (exact) mass is 491 g/mol. The molecule has 0 radical (unpaired) electrons. The first-order chi connectivity index (χ1) is 16.8. The van der Waals surface area contributed by atoms with Gasteiger partial charge in [-0.1, -0.05) is 19.3 Å². The van der Waals surface area contributed by atoms with Crippen LogP contribution in [0.3, 0.4) is 0 Å². The number of nitrogens with zero attached hydrogens (tertiary/aromatic N) is 2. The fourth-order valence-corrected chi connectivity index (χ4v) is 3.11. The van der Waals surface area contributed by atoms with Crippen LogP contribution in [0.25, 0.3) is 0 Å². The lowest BCUT2D eigenvalue weighted by atomic mass is 10.1. The van der Waals surface area contributed by atoms with Crippen molar-refractivity contribution in [2.45, 2.75) is 40.0 Å². The van der Waals surface area contributed by atoms with Crippen molar-refractivity contribution in [3.05, 3.63) is 83.4 Å². The van der Waals surface area contributed by atoms with E-state index in [2.05, 4.69) is 27.5 Å². The Morgan fingerprint density at radius 2 is 1.61 bits per heavy atom. The lowest BCUT2D eigenvalue weighted by Gasteiger charge is -2.19. The molecule has 0 spiro atoms. The summed E-state index contributed by atoms with van der Waals surface area (Å²) in [7, 11) is 0. The van der Waals surface area contributed by atoms with Crippen molar-refractivity contribution in [1.29, 1.82) is 0 Å². The Morgan fingerprint density at radius 3 is 2.11 bits per heavy atom. The van der Waals surface area contributed by atoms with Crippen LogP contribution in [0.1, 0.15) is 41.7 Å². The van der Waals surface area contributed by atoms with E-state index >= 15 is 0 Å². The minimum absolute atomic E-state index is 0. The first-order valence-corrected chi connectivity index (χ1v) is 10.7. The standard InChI is InChI=1S/C25H25N5O5.CH4/c1-16(31)23(25(34)29-35)28-24(33)20-9-5-18(6-10-20)3-4-19-7-11-21(12-8-19)27-22(32)15-30-14-13-26-17(30)2;/h5-14,16,23,31,35H,15H2,1-2H3,(H,27,32)(H,28,33)(H,29,34);1H4/t16-,23+;/m1./s1. The van der Waals surface area contributed by atoms with Gasteiger partial charge in [-0.25, -0.2) is 10.5 Å². The second kappa shape index (κ2) is 12.9. The number of aliphatic hydroxyl groups excluding tert-OH is 1. The first-order valence-electron chi connectivity index (χ1n) is 10.7. The van der Waals surface area contributed by atoms with Gasteiger partial charge in [-0.05, 0) is 62.4 Å². The molecule has 3 aromatic rings. The van der Waals surface area contributed by atoms with Crippen LogP contribution in [-0.4, -0.2) is 49.7 Å². The molecule has 188 valence electrons. The summed E-state index contributed by atoms with van der Waals surface area (Å²) in [6, 6.07) is 12.2. The van der Waals surface area contributed by atoms with E-state index in [0.717, 1.165) is 11.4 Å². The van der Waals surface area contributed by atoms with Crippen molar-refractivity contribution in [3.8, 4) is 11.8 Å². The Balaban J connectivity index is 0.00000456. The molecule has 0 aliphatic carbocycles. The number of rotatable bonds is 7. The second-order valence-electron chi connectivity index (χ2n) is 7.72. The molecule has 0 fully saturated rings. The fourth-order valence-electron chi connectivity index (χ4n) is 3.11. The highest BCUT2D eigenvalue weighted by Gasteiger charge is 2.25. The van der Waals surface area contributed by atoms with Gasteiger partial charge in [0.05, 0.1) is 6.10 Å². The molecule has 1 heterocycles. The van der Waals surface area contributed by atoms with Crippen molar-refractivity contribution in [2.24, 2.45) is 0 Å². The van der Waals surface area contributed by atoms with Gasteiger partial charge < -0.3 is 20.3 Å². The topological polar surface area (TPSA) is 146 Å². The smallest absolute Gasteiger partial charge is 0.268 e.